The van der Waals surface area contributed by atoms with Crippen molar-refractivity contribution in [3.8, 4) is 0 Å². The Kier molecular flexibility index (Phi) is 7.56. The monoisotopic (exact) mass is 453 g/mol. The van der Waals surface area contributed by atoms with Crippen LogP contribution >= 0.6 is 23.1 Å². The Morgan fingerprint density at radius 2 is 1.81 bits per heavy atom. The molecule has 1 fully saturated rings. The molecule has 0 bridgehead atoms. The van der Waals surface area contributed by atoms with Crippen LogP contribution in [-0.4, -0.2) is 57.8 Å². The molecule has 1 aromatic heterocycles. The second-order valence-corrected chi connectivity index (χ2v) is 9.85. The highest BCUT2D eigenvalue weighted by Gasteiger charge is 2.21. The maximum atomic E-state index is 12.6. The number of thioether (sulfide) groups is 1. The third-order valence-corrected chi connectivity index (χ3v) is 7.22. The Morgan fingerprint density at radius 1 is 1.03 bits per heavy atom. The number of hydrogen-bond donors (Lipinski definition) is 1. The Bertz CT molecular complexity index is 986. The first-order chi connectivity index (χ1) is 15.2. The number of aryl methyl sites for hydroxylation is 1. The molecule has 0 saturated carbocycles. The van der Waals surface area contributed by atoms with Gasteiger partial charge in [-0.2, -0.15) is 0 Å². The molecule has 0 unspecified atom stereocenters. The van der Waals surface area contributed by atoms with Crippen LogP contribution in [0, 0.1) is 6.92 Å². The molecule has 1 aliphatic heterocycles. The van der Waals surface area contributed by atoms with Crippen LogP contribution in [0.2, 0.25) is 0 Å². The Hall–Kier alpha value is -2.42. The molecule has 0 aliphatic carbocycles. The Balaban J connectivity index is 1.18. The van der Waals surface area contributed by atoms with Gasteiger partial charge >= 0.3 is 0 Å². The molecule has 4 rings (SSSR count). The van der Waals surface area contributed by atoms with E-state index in [1.807, 2.05) is 23.1 Å². The maximum absolute atomic E-state index is 12.6. The minimum Gasteiger partial charge on any atom is -0.356 e. The number of aromatic nitrogens is 2. The van der Waals surface area contributed by atoms with Gasteiger partial charge in [-0.25, -0.2) is 0 Å². The number of rotatable bonds is 8. The molecule has 1 amide bonds. The van der Waals surface area contributed by atoms with Crippen LogP contribution in [0.15, 0.2) is 58.9 Å². The minimum atomic E-state index is 0.175. The molecule has 0 spiro atoms. The summed E-state index contributed by atoms with van der Waals surface area (Å²) in [6.07, 6.45) is 0. The predicted octanol–water partition coefficient (Wildman–Crippen LogP) is 3.90. The number of nitrogens with zero attached hydrogens (tertiary/aromatic N) is 4. The van der Waals surface area contributed by atoms with Crippen molar-refractivity contribution in [1.82, 2.24) is 20.0 Å². The average molecular weight is 454 g/mol. The van der Waals surface area contributed by atoms with Gasteiger partial charge in [-0.1, -0.05) is 83.3 Å². The average Bonchev–Trinajstić information content (AvgIpc) is 3.25. The van der Waals surface area contributed by atoms with Gasteiger partial charge in [0.1, 0.15) is 0 Å². The summed E-state index contributed by atoms with van der Waals surface area (Å²) in [7, 11) is 0. The maximum Gasteiger partial charge on any atom is 0.233 e. The lowest BCUT2D eigenvalue weighted by atomic mass is 10.1. The summed E-state index contributed by atoms with van der Waals surface area (Å²) in [5, 5.41) is 12.5. The molecule has 8 heteroatoms. The van der Waals surface area contributed by atoms with Crippen molar-refractivity contribution in [3.05, 3.63) is 71.3 Å². The zero-order chi connectivity index (χ0) is 21.5. The van der Waals surface area contributed by atoms with Crippen LogP contribution in [0.3, 0.4) is 0 Å². The molecule has 2 aromatic carbocycles. The van der Waals surface area contributed by atoms with Gasteiger partial charge in [0.05, 0.1) is 5.75 Å². The zero-order valence-electron chi connectivity index (χ0n) is 17.7. The number of piperazine rings is 1. The molecule has 1 saturated heterocycles. The lowest BCUT2D eigenvalue weighted by molar-refractivity contribution is -0.130. The van der Waals surface area contributed by atoms with Gasteiger partial charge in [-0.05, 0) is 18.1 Å². The minimum absolute atomic E-state index is 0.175. The number of hydrogen-bond acceptors (Lipinski definition) is 7. The summed E-state index contributed by atoms with van der Waals surface area (Å²) in [5.74, 6) is 0.583. The van der Waals surface area contributed by atoms with E-state index in [-0.39, 0.29) is 5.91 Å². The molecular formula is C23H27N5OS2. The molecule has 1 aliphatic rings. The van der Waals surface area contributed by atoms with Gasteiger partial charge < -0.3 is 10.2 Å². The fourth-order valence-electron chi connectivity index (χ4n) is 3.55. The van der Waals surface area contributed by atoms with Gasteiger partial charge in [-0.15, -0.1) is 10.2 Å². The van der Waals surface area contributed by atoms with E-state index >= 15 is 0 Å². The molecule has 1 N–H and O–H groups in total. The van der Waals surface area contributed by atoms with Crippen LogP contribution in [-0.2, 0) is 17.9 Å². The van der Waals surface area contributed by atoms with E-state index in [1.54, 1.807) is 0 Å². The highest BCUT2D eigenvalue weighted by Crippen LogP contribution is 2.26. The van der Waals surface area contributed by atoms with Gasteiger partial charge in [0.25, 0.3) is 0 Å². The van der Waals surface area contributed by atoms with Crippen molar-refractivity contribution in [2.45, 2.75) is 24.4 Å². The lowest BCUT2D eigenvalue weighted by Gasteiger charge is -2.34. The first kappa shape index (κ1) is 21.8. The molecule has 0 atom stereocenters. The van der Waals surface area contributed by atoms with Crippen LogP contribution in [0.4, 0.5) is 5.13 Å². The van der Waals surface area contributed by atoms with E-state index < -0.39 is 0 Å². The number of benzene rings is 2. The smallest absolute Gasteiger partial charge is 0.233 e. The standard InChI is InChI=1S/C23H27N5OS2/c1-18-6-5-9-20(14-18)16-27-10-12-28(13-11-27)21(29)17-30-23-26-25-22(31-23)24-15-19-7-3-2-4-8-19/h2-9,14H,10-13,15-17H2,1H3,(H,24,25). The van der Waals surface area contributed by atoms with Crippen molar-refractivity contribution in [3.63, 3.8) is 0 Å². The first-order valence-corrected chi connectivity index (χ1v) is 12.3. The Labute approximate surface area is 191 Å². The van der Waals surface area contributed by atoms with Crippen molar-refractivity contribution in [2.75, 3.05) is 37.2 Å². The van der Waals surface area contributed by atoms with E-state index in [9.17, 15) is 4.79 Å². The van der Waals surface area contributed by atoms with Crippen LogP contribution in [0.1, 0.15) is 16.7 Å². The highest BCUT2D eigenvalue weighted by atomic mass is 32.2. The number of amides is 1. The SMILES string of the molecule is Cc1cccc(CN2CCN(C(=O)CSc3nnc(NCc4ccccc4)s3)CC2)c1. The normalized spacial score (nSPS) is 14.5. The molecule has 0 radical (unpaired) electrons. The van der Waals surface area contributed by atoms with E-state index in [1.165, 1.54) is 39.8 Å². The van der Waals surface area contributed by atoms with Crippen molar-refractivity contribution >= 4 is 34.1 Å². The van der Waals surface area contributed by atoms with E-state index in [0.717, 1.165) is 42.2 Å². The molecule has 31 heavy (non-hydrogen) atoms. The fourth-order valence-corrected chi connectivity index (χ4v) is 5.20. The van der Waals surface area contributed by atoms with E-state index in [2.05, 4.69) is 63.7 Å². The zero-order valence-corrected chi connectivity index (χ0v) is 19.3. The second-order valence-electron chi connectivity index (χ2n) is 7.65. The molecular weight excluding hydrogens is 426 g/mol. The molecule has 6 nitrogen and oxygen atoms in total. The number of anilines is 1. The van der Waals surface area contributed by atoms with E-state index in [0.29, 0.717) is 12.3 Å². The molecule has 3 aromatic rings. The quantitative estimate of drug-likeness (QED) is 0.522. The number of carbonyl (C=O) groups excluding carboxylic acids is 1. The summed E-state index contributed by atoms with van der Waals surface area (Å²) in [5.41, 5.74) is 3.82. The largest absolute Gasteiger partial charge is 0.356 e. The van der Waals surface area contributed by atoms with Crippen molar-refractivity contribution in [1.29, 1.82) is 0 Å². The van der Waals surface area contributed by atoms with Gasteiger partial charge in [-0.3, -0.25) is 9.69 Å². The lowest BCUT2D eigenvalue weighted by Crippen LogP contribution is -2.48. The Morgan fingerprint density at radius 3 is 2.58 bits per heavy atom. The third-order valence-electron chi connectivity index (χ3n) is 5.23. The second kappa shape index (κ2) is 10.7. The van der Waals surface area contributed by atoms with Crippen molar-refractivity contribution < 1.29 is 4.79 Å². The van der Waals surface area contributed by atoms with Crippen LogP contribution < -0.4 is 5.32 Å². The number of carbonyl (C=O) groups is 1. The van der Waals surface area contributed by atoms with Crippen molar-refractivity contribution in [2.24, 2.45) is 0 Å². The summed E-state index contributed by atoms with van der Waals surface area (Å²) >= 11 is 2.96. The number of nitrogens with one attached hydrogen (secondary N) is 1. The van der Waals surface area contributed by atoms with Gasteiger partial charge in [0, 0.05) is 39.3 Å². The predicted molar refractivity (Wildman–Crippen MR) is 127 cm³/mol. The summed E-state index contributed by atoms with van der Waals surface area (Å²) < 4.78 is 0.821. The summed E-state index contributed by atoms with van der Waals surface area (Å²) in [6.45, 7) is 7.18. The first-order valence-electron chi connectivity index (χ1n) is 10.5. The summed E-state index contributed by atoms with van der Waals surface area (Å²) in [4.78, 5) is 17.0. The molecule has 2 heterocycles. The molecule has 162 valence electrons. The highest BCUT2D eigenvalue weighted by molar-refractivity contribution is 8.01. The summed E-state index contributed by atoms with van der Waals surface area (Å²) in [6, 6.07) is 18.8. The van der Waals surface area contributed by atoms with Gasteiger partial charge in [0.15, 0.2) is 4.34 Å². The third kappa shape index (κ3) is 6.53. The van der Waals surface area contributed by atoms with Crippen LogP contribution in [0.5, 0.6) is 0 Å². The van der Waals surface area contributed by atoms with Crippen LogP contribution in [0.25, 0.3) is 0 Å². The van der Waals surface area contributed by atoms with E-state index in [4.69, 9.17) is 0 Å². The fraction of sp³-hybridized carbons (Fsp3) is 0.348. The topological polar surface area (TPSA) is 61.4 Å². The van der Waals surface area contributed by atoms with Gasteiger partial charge in [0.2, 0.25) is 11.0 Å².